The van der Waals surface area contributed by atoms with Crippen LogP contribution in [-0.2, 0) is 19.5 Å². The number of nitrogens with one attached hydrogen (secondary N) is 1. The lowest BCUT2D eigenvalue weighted by Crippen LogP contribution is -2.25. The molecular weight excluding hydrogens is 463 g/mol. The summed E-state index contributed by atoms with van der Waals surface area (Å²) in [6.45, 7) is 1.68. The van der Waals surface area contributed by atoms with E-state index < -0.39 is 0 Å². The molecule has 34 heavy (non-hydrogen) atoms. The number of rotatable bonds is 9. The minimum absolute atomic E-state index is 0.0713. The molecule has 0 spiro atoms. The quantitative estimate of drug-likeness (QED) is 0.273. The molecule has 1 radical (unpaired) electrons. The van der Waals surface area contributed by atoms with Crippen LogP contribution >= 0.6 is 23.2 Å². The number of amides is 1. The van der Waals surface area contributed by atoms with Crippen molar-refractivity contribution in [3.63, 3.8) is 0 Å². The van der Waals surface area contributed by atoms with E-state index in [2.05, 4.69) is 47.0 Å². The van der Waals surface area contributed by atoms with Gasteiger partial charge in [0.15, 0.2) is 0 Å². The second kappa shape index (κ2) is 11.8. The van der Waals surface area contributed by atoms with Crippen LogP contribution in [0, 0.1) is 0 Å². The summed E-state index contributed by atoms with van der Waals surface area (Å²) >= 11 is 12.1. The molecule has 0 aliphatic heterocycles. The first-order valence-electron chi connectivity index (χ1n) is 11.2. The smallest absolute Gasteiger partial charge is 0.251 e. The Morgan fingerprint density at radius 3 is 1.94 bits per heavy atom. The Balaban J connectivity index is 1.21. The van der Waals surface area contributed by atoms with Crippen LogP contribution < -0.4 is 10.6 Å². The third-order valence-corrected chi connectivity index (χ3v) is 5.92. The molecule has 3 nitrogen and oxygen atoms in total. The number of hydrogen-bond acceptors (Lipinski definition) is 1. The van der Waals surface area contributed by atoms with E-state index in [0.29, 0.717) is 35.2 Å². The zero-order valence-corrected chi connectivity index (χ0v) is 20.2. The predicted octanol–water partition coefficient (Wildman–Crippen LogP) is 6.94. The largest absolute Gasteiger partial charge is 0.352 e. The summed E-state index contributed by atoms with van der Waals surface area (Å²) in [6, 6.07) is 31.8. The zero-order chi connectivity index (χ0) is 23.8. The van der Waals surface area contributed by atoms with Gasteiger partial charge in [0.25, 0.3) is 5.91 Å². The molecule has 0 fully saturated rings. The van der Waals surface area contributed by atoms with E-state index in [0.717, 1.165) is 17.5 Å². The lowest BCUT2D eigenvalue weighted by molar-refractivity contribution is 0.0954. The van der Waals surface area contributed by atoms with Gasteiger partial charge in [0, 0.05) is 35.2 Å². The maximum Gasteiger partial charge on any atom is 0.251 e. The van der Waals surface area contributed by atoms with Gasteiger partial charge >= 0.3 is 0 Å². The highest BCUT2D eigenvalue weighted by atomic mass is 35.5. The van der Waals surface area contributed by atoms with E-state index in [9.17, 15) is 4.79 Å². The Labute approximate surface area is 210 Å². The van der Waals surface area contributed by atoms with Gasteiger partial charge in [-0.3, -0.25) is 4.79 Å². The molecule has 0 atom stereocenters. The van der Waals surface area contributed by atoms with Crippen LogP contribution in [0.4, 0.5) is 0 Å². The van der Waals surface area contributed by atoms with Crippen molar-refractivity contribution in [2.45, 2.75) is 19.5 Å². The summed E-state index contributed by atoms with van der Waals surface area (Å²) in [5.41, 5.74) is 6.25. The van der Waals surface area contributed by atoms with E-state index in [1.165, 1.54) is 16.7 Å². The maximum atomic E-state index is 12.5. The fourth-order valence-electron chi connectivity index (χ4n) is 3.69. The van der Waals surface area contributed by atoms with E-state index in [1.54, 1.807) is 6.07 Å². The lowest BCUT2D eigenvalue weighted by Gasteiger charge is -2.08. The van der Waals surface area contributed by atoms with Gasteiger partial charge in [0.2, 0.25) is 0 Å². The van der Waals surface area contributed by atoms with Gasteiger partial charge in [0.1, 0.15) is 0 Å². The maximum absolute atomic E-state index is 12.5. The van der Waals surface area contributed by atoms with E-state index in [-0.39, 0.29) is 5.91 Å². The molecule has 0 aromatic heterocycles. The Morgan fingerprint density at radius 2 is 1.26 bits per heavy atom. The lowest BCUT2D eigenvalue weighted by atomic mass is 10.0. The summed E-state index contributed by atoms with van der Waals surface area (Å²) in [4.78, 5) is 12.5. The average Bonchev–Trinajstić information content (AvgIpc) is 2.85. The molecule has 171 valence electrons. The Morgan fingerprint density at radius 1 is 0.676 bits per heavy atom. The summed E-state index contributed by atoms with van der Waals surface area (Å²) in [5.74, 6) is -0.0713. The van der Waals surface area contributed by atoms with E-state index >= 15 is 0 Å². The van der Waals surface area contributed by atoms with Gasteiger partial charge in [-0.1, -0.05) is 89.9 Å². The van der Waals surface area contributed by atoms with Crippen molar-refractivity contribution >= 4 is 29.1 Å². The van der Waals surface area contributed by atoms with Crippen molar-refractivity contribution in [1.82, 2.24) is 10.6 Å². The normalized spacial score (nSPS) is 10.8. The molecule has 0 aliphatic rings. The van der Waals surface area contributed by atoms with Crippen molar-refractivity contribution in [3.05, 3.63) is 129 Å². The summed E-state index contributed by atoms with van der Waals surface area (Å²) < 4.78 is 0. The predicted molar refractivity (Wildman–Crippen MR) is 140 cm³/mol. The highest BCUT2D eigenvalue weighted by Crippen LogP contribution is 2.20. The molecule has 0 aliphatic carbocycles. The van der Waals surface area contributed by atoms with Crippen molar-refractivity contribution in [2.75, 3.05) is 6.54 Å². The molecule has 0 unspecified atom stereocenters. The van der Waals surface area contributed by atoms with E-state index in [4.69, 9.17) is 23.2 Å². The molecule has 4 aromatic carbocycles. The summed E-state index contributed by atoms with van der Waals surface area (Å²) in [5, 5.41) is 8.78. The van der Waals surface area contributed by atoms with E-state index in [1.807, 2.05) is 54.6 Å². The first-order chi connectivity index (χ1) is 16.6. The third kappa shape index (κ3) is 6.94. The second-order valence-corrected chi connectivity index (χ2v) is 8.96. The first kappa shape index (κ1) is 24.0. The summed E-state index contributed by atoms with van der Waals surface area (Å²) in [6.07, 6.45) is 0.783. The Bertz CT molecular complexity index is 1200. The second-order valence-electron chi connectivity index (χ2n) is 8.08. The number of carbonyl (C=O) groups is 1. The Kier molecular flexibility index (Phi) is 8.37. The fourth-order valence-corrected chi connectivity index (χ4v) is 4.27. The number of halogens is 2. The van der Waals surface area contributed by atoms with Crippen molar-refractivity contribution in [1.29, 1.82) is 0 Å². The SMILES string of the molecule is O=C(NCCc1ccc(-c2ccccc2)cc1)c1ccc(C[N]Cc2cc(Cl)cc(Cl)c2)cc1. The fraction of sp³-hybridized carbons (Fsp3) is 0.138. The third-order valence-electron chi connectivity index (χ3n) is 5.49. The molecule has 0 heterocycles. The van der Waals surface area contributed by atoms with Gasteiger partial charge in [-0.05, 0) is 64.6 Å². The van der Waals surface area contributed by atoms with Crippen LogP contribution in [0.25, 0.3) is 11.1 Å². The standard InChI is InChI=1S/C29H25Cl2N2O/c30-27-16-23(17-28(31)18-27)20-32-19-22-8-12-26(13-9-22)29(34)33-15-14-21-6-10-25(11-7-21)24-4-2-1-3-5-24/h1-13,16-18H,14-15,19-20H2,(H,33,34). The summed E-state index contributed by atoms with van der Waals surface area (Å²) in [7, 11) is 0. The molecular formula is C29H25Cl2N2O. The van der Waals surface area contributed by atoms with Gasteiger partial charge in [0.05, 0.1) is 0 Å². The number of hydrogen-bond donors (Lipinski definition) is 1. The van der Waals surface area contributed by atoms with Crippen molar-refractivity contribution in [3.8, 4) is 11.1 Å². The molecule has 1 amide bonds. The monoisotopic (exact) mass is 487 g/mol. The first-order valence-corrected chi connectivity index (χ1v) is 11.9. The molecule has 1 N–H and O–H groups in total. The van der Waals surface area contributed by atoms with Crippen LogP contribution in [0.2, 0.25) is 10.0 Å². The van der Waals surface area contributed by atoms with Crippen LogP contribution in [0.1, 0.15) is 27.0 Å². The zero-order valence-electron chi connectivity index (χ0n) is 18.7. The molecule has 0 saturated carbocycles. The minimum atomic E-state index is -0.0713. The van der Waals surface area contributed by atoms with Crippen LogP contribution in [-0.4, -0.2) is 12.5 Å². The molecule has 4 aromatic rings. The minimum Gasteiger partial charge on any atom is -0.352 e. The molecule has 5 heteroatoms. The van der Waals surface area contributed by atoms with Crippen molar-refractivity contribution < 1.29 is 4.79 Å². The van der Waals surface area contributed by atoms with Crippen molar-refractivity contribution in [2.24, 2.45) is 0 Å². The molecule has 4 rings (SSSR count). The highest BCUT2D eigenvalue weighted by molar-refractivity contribution is 6.34. The molecule has 0 saturated heterocycles. The van der Waals surface area contributed by atoms with Gasteiger partial charge in [-0.25, -0.2) is 5.32 Å². The van der Waals surface area contributed by atoms with Crippen LogP contribution in [0.3, 0.4) is 0 Å². The number of benzene rings is 4. The number of carbonyl (C=O) groups excluding carboxylic acids is 1. The Hall–Kier alpha value is -3.11. The van der Waals surface area contributed by atoms with Gasteiger partial charge in [-0.15, -0.1) is 0 Å². The topological polar surface area (TPSA) is 43.2 Å². The van der Waals surface area contributed by atoms with Crippen LogP contribution in [0.5, 0.6) is 0 Å². The van der Waals surface area contributed by atoms with Gasteiger partial charge < -0.3 is 5.32 Å². The average molecular weight is 488 g/mol. The van der Waals surface area contributed by atoms with Crippen LogP contribution in [0.15, 0.2) is 97.1 Å². The number of nitrogens with zero attached hydrogens (tertiary/aromatic N) is 1. The van der Waals surface area contributed by atoms with Gasteiger partial charge in [-0.2, -0.15) is 0 Å². The molecule has 0 bridgehead atoms. The highest BCUT2D eigenvalue weighted by Gasteiger charge is 2.06.